The average molecular weight is 282 g/mol. The molecule has 0 fully saturated rings. The molecule has 0 bridgehead atoms. The van der Waals surface area contributed by atoms with E-state index in [0.29, 0.717) is 12.3 Å². The van der Waals surface area contributed by atoms with Gasteiger partial charge >= 0.3 is 0 Å². The van der Waals surface area contributed by atoms with E-state index in [1.165, 1.54) is 4.90 Å². The van der Waals surface area contributed by atoms with E-state index in [1.54, 1.807) is 11.8 Å². The molecule has 2 rings (SSSR count). The van der Waals surface area contributed by atoms with Crippen molar-refractivity contribution < 1.29 is 0 Å². The number of pyridine rings is 1. The number of nitrogens with zero attached hydrogens (tertiary/aromatic N) is 2. The van der Waals surface area contributed by atoms with Gasteiger partial charge in [-0.1, -0.05) is 43.8 Å². The van der Waals surface area contributed by atoms with Crippen molar-refractivity contribution in [1.29, 1.82) is 5.26 Å². The molecular formula is C17H18N2S. The lowest BCUT2D eigenvalue weighted by atomic mass is 9.87. The Kier molecular flexibility index (Phi) is 5.20. The third-order valence-corrected chi connectivity index (χ3v) is 4.22. The maximum atomic E-state index is 8.98. The Balaban J connectivity index is 2.21. The summed E-state index contributed by atoms with van der Waals surface area (Å²) in [4.78, 5) is 6.66. The van der Waals surface area contributed by atoms with Crippen LogP contribution in [0.4, 0.5) is 0 Å². The summed E-state index contributed by atoms with van der Waals surface area (Å²) in [6.07, 6.45) is 4.31. The van der Waals surface area contributed by atoms with Crippen LogP contribution in [0.2, 0.25) is 0 Å². The summed E-state index contributed by atoms with van der Waals surface area (Å²) in [5.41, 5.74) is 1.16. The zero-order valence-corrected chi connectivity index (χ0v) is 12.6. The highest BCUT2D eigenvalue weighted by molar-refractivity contribution is 7.99. The first kappa shape index (κ1) is 14.6. The summed E-state index contributed by atoms with van der Waals surface area (Å²) < 4.78 is 0. The Morgan fingerprint density at radius 1 is 1.15 bits per heavy atom. The van der Waals surface area contributed by atoms with Gasteiger partial charge in [0.1, 0.15) is 0 Å². The molecule has 2 nitrogen and oxygen atoms in total. The molecule has 0 aliphatic carbocycles. The summed E-state index contributed by atoms with van der Waals surface area (Å²) >= 11 is 1.70. The smallest absolute Gasteiger partial charge is 0.0628 e. The van der Waals surface area contributed by atoms with E-state index in [9.17, 15) is 0 Å². The van der Waals surface area contributed by atoms with Crippen molar-refractivity contribution in [3.63, 3.8) is 0 Å². The largest absolute Gasteiger partial charge is 0.263 e. The highest BCUT2D eigenvalue weighted by Gasteiger charge is 2.16. The summed E-state index contributed by atoms with van der Waals surface area (Å²) in [6.45, 7) is 4.30. The van der Waals surface area contributed by atoms with Crippen LogP contribution in [0, 0.1) is 17.2 Å². The fourth-order valence-corrected chi connectivity index (χ4v) is 3.03. The van der Waals surface area contributed by atoms with Gasteiger partial charge in [0.25, 0.3) is 0 Å². The van der Waals surface area contributed by atoms with Gasteiger partial charge in [-0.15, -0.1) is 0 Å². The summed E-state index contributed by atoms with van der Waals surface area (Å²) in [5, 5.41) is 8.98. The third-order valence-electron chi connectivity index (χ3n) is 3.26. The van der Waals surface area contributed by atoms with Gasteiger partial charge in [-0.05, 0) is 29.7 Å². The fraction of sp³-hybridized carbons (Fsp3) is 0.294. The van der Waals surface area contributed by atoms with Crippen LogP contribution >= 0.6 is 11.8 Å². The molecule has 0 amide bonds. The summed E-state index contributed by atoms with van der Waals surface area (Å²) in [5.74, 6) is 0.692. The zero-order valence-electron chi connectivity index (χ0n) is 11.8. The molecule has 2 aromatic rings. The second-order valence-corrected chi connectivity index (χ2v) is 6.23. The first-order chi connectivity index (χ1) is 9.70. The molecule has 20 heavy (non-hydrogen) atoms. The van der Waals surface area contributed by atoms with E-state index in [-0.39, 0.29) is 5.92 Å². The van der Waals surface area contributed by atoms with Gasteiger partial charge in [0.15, 0.2) is 0 Å². The van der Waals surface area contributed by atoms with Gasteiger partial charge in [-0.3, -0.25) is 4.98 Å². The average Bonchev–Trinajstić information content (AvgIpc) is 2.46. The molecule has 0 N–H and O–H groups in total. The van der Waals surface area contributed by atoms with Crippen molar-refractivity contribution >= 4 is 11.8 Å². The quantitative estimate of drug-likeness (QED) is 0.783. The molecule has 3 heteroatoms. The van der Waals surface area contributed by atoms with Crippen LogP contribution in [0.1, 0.15) is 31.7 Å². The van der Waals surface area contributed by atoms with Crippen LogP contribution < -0.4 is 0 Å². The van der Waals surface area contributed by atoms with E-state index < -0.39 is 0 Å². The van der Waals surface area contributed by atoms with Crippen molar-refractivity contribution in [1.82, 2.24) is 4.98 Å². The molecule has 1 heterocycles. The van der Waals surface area contributed by atoms with Crippen molar-refractivity contribution in [3.8, 4) is 6.07 Å². The van der Waals surface area contributed by atoms with Gasteiger partial charge in [0.2, 0.25) is 0 Å². The van der Waals surface area contributed by atoms with Crippen molar-refractivity contribution in [2.45, 2.75) is 36.0 Å². The van der Waals surface area contributed by atoms with E-state index in [4.69, 9.17) is 5.26 Å². The lowest BCUT2D eigenvalue weighted by molar-refractivity contribution is 0.504. The van der Waals surface area contributed by atoms with Crippen molar-refractivity contribution in [3.05, 3.63) is 54.4 Å². The minimum absolute atomic E-state index is 0.254. The first-order valence-corrected chi connectivity index (χ1v) is 7.57. The molecule has 1 aromatic carbocycles. The van der Waals surface area contributed by atoms with Gasteiger partial charge in [-0.25, -0.2) is 0 Å². The Morgan fingerprint density at radius 3 is 2.55 bits per heavy atom. The highest BCUT2D eigenvalue weighted by Crippen LogP contribution is 2.32. The minimum Gasteiger partial charge on any atom is -0.263 e. The van der Waals surface area contributed by atoms with Crippen LogP contribution in [0.15, 0.2) is 58.6 Å². The minimum atomic E-state index is 0.254. The SMILES string of the molecule is CC(C)C(CC#N)c1cncc(Sc2ccccc2)c1. The molecule has 0 aliphatic heterocycles. The molecule has 102 valence electrons. The Bertz CT molecular complexity index is 587. The highest BCUT2D eigenvalue weighted by atomic mass is 32.2. The van der Waals surface area contributed by atoms with Crippen molar-refractivity contribution in [2.75, 3.05) is 0 Å². The van der Waals surface area contributed by atoms with Gasteiger partial charge in [0, 0.05) is 34.5 Å². The van der Waals surface area contributed by atoms with Crippen LogP contribution in [-0.2, 0) is 0 Å². The number of rotatable bonds is 5. The van der Waals surface area contributed by atoms with Crippen LogP contribution in [0.3, 0.4) is 0 Å². The predicted octanol–water partition coefficient (Wildman–Crippen LogP) is 4.89. The van der Waals surface area contributed by atoms with Gasteiger partial charge in [-0.2, -0.15) is 5.26 Å². The van der Waals surface area contributed by atoms with E-state index in [1.807, 2.05) is 30.6 Å². The van der Waals surface area contributed by atoms with Crippen LogP contribution in [0.5, 0.6) is 0 Å². The zero-order chi connectivity index (χ0) is 14.4. The molecule has 0 aliphatic rings. The molecule has 0 radical (unpaired) electrons. The Labute approximate surface area is 124 Å². The first-order valence-electron chi connectivity index (χ1n) is 6.75. The number of hydrogen-bond acceptors (Lipinski definition) is 3. The molecule has 1 aromatic heterocycles. The maximum absolute atomic E-state index is 8.98. The van der Waals surface area contributed by atoms with Crippen molar-refractivity contribution in [2.24, 2.45) is 5.92 Å². The standard InChI is InChI=1S/C17H18N2S/c1-13(2)17(8-9-18)14-10-16(12-19-11-14)20-15-6-4-3-5-7-15/h3-7,10-13,17H,8H2,1-2H3. The number of nitriles is 1. The lowest BCUT2D eigenvalue weighted by Crippen LogP contribution is -2.06. The van der Waals surface area contributed by atoms with Crippen LogP contribution in [-0.4, -0.2) is 4.98 Å². The molecule has 1 unspecified atom stereocenters. The molecular weight excluding hydrogens is 264 g/mol. The number of aromatic nitrogens is 1. The second kappa shape index (κ2) is 7.12. The number of hydrogen-bond donors (Lipinski definition) is 0. The van der Waals surface area contributed by atoms with Gasteiger partial charge < -0.3 is 0 Å². The normalized spacial score (nSPS) is 12.1. The molecule has 0 saturated carbocycles. The van der Waals surface area contributed by atoms with Crippen LogP contribution in [0.25, 0.3) is 0 Å². The third kappa shape index (κ3) is 3.85. The number of benzene rings is 1. The summed E-state index contributed by atoms with van der Waals surface area (Å²) in [6, 6.07) is 14.7. The van der Waals surface area contributed by atoms with E-state index in [2.05, 4.69) is 43.1 Å². The van der Waals surface area contributed by atoms with E-state index >= 15 is 0 Å². The monoisotopic (exact) mass is 282 g/mol. The van der Waals surface area contributed by atoms with Gasteiger partial charge in [0.05, 0.1) is 6.07 Å². The Hall–Kier alpha value is -1.79. The molecule has 1 atom stereocenters. The second-order valence-electron chi connectivity index (χ2n) is 5.08. The Morgan fingerprint density at radius 2 is 1.90 bits per heavy atom. The molecule has 0 spiro atoms. The predicted molar refractivity (Wildman–Crippen MR) is 82.6 cm³/mol. The fourth-order valence-electron chi connectivity index (χ4n) is 2.16. The summed E-state index contributed by atoms with van der Waals surface area (Å²) in [7, 11) is 0. The maximum Gasteiger partial charge on any atom is 0.0628 e. The van der Waals surface area contributed by atoms with E-state index in [0.717, 1.165) is 10.5 Å². The topological polar surface area (TPSA) is 36.7 Å². The lowest BCUT2D eigenvalue weighted by Gasteiger charge is -2.18. The molecule has 0 saturated heterocycles.